The van der Waals surface area contributed by atoms with Gasteiger partial charge in [-0.3, -0.25) is 0 Å². The van der Waals surface area contributed by atoms with E-state index in [1.54, 1.807) is 24.8 Å². The Morgan fingerprint density at radius 3 is 3.07 bits per heavy atom. The van der Waals surface area contributed by atoms with Crippen LogP contribution in [-0.2, 0) is 6.54 Å². The molecule has 1 N–H and O–H groups in total. The minimum Gasteiger partial charge on any atom is -0.472 e. The summed E-state index contributed by atoms with van der Waals surface area (Å²) in [7, 11) is 0. The van der Waals surface area contributed by atoms with Gasteiger partial charge in [0, 0.05) is 18.3 Å². The summed E-state index contributed by atoms with van der Waals surface area (Å²) in [5, 5.41) is 3.33. The van der Waals surface area contributed by atoms with E-state index in [0.717, 1.165) is 5.56 Å². The largest absolute Gasteiger partial charge is 0.472 e. The molecule has 0 amide bonds. The highest BCUT2D eigenvalue weighted by Gasteiger charge is 1.97. The number of hydrogen-bond acceptors (Lipinski definition) is 4. The standard InChI is InChI=1S/C9H8ClN3O/c10-9-11-3-1-8(13-9)12-5-7-2-4-14-6-7/h1-4,6H,5H2,(H,11,12,13). The Hall–Kier alpha value is -1.55. The van der Waals surface area contributed by atoms with E-state index < -0.39 is 0 Å². The fourth-order valence-electron chi connectivity index (χ4n) is 1.02. The average molecular weight is 210 g/mol. The molecule has 0 unspecified atom stereocenters. The van der Waals surface area contributed by atoms with Gasteiger partial charge < -0.3 is 9.73 Å². The monoisotopic (exact) mass is 209 g/mol. The Kier molecular flexibility index (Phi) is 2.65. The van der Waals surface area contributed by atoms with Gasteiger partial charge in [0.25, 0.3) is 0 Å². The molecule has 5 heteroatoms. The van der Waals surface area contributed by atoms with Gasteiger partial charge in [0.15, 0.2) is 0 Å². The molecule has 4 nitrogen and oxygen atoms in total. The SMILES string of the molecule is Clc1nccc(NCc2ccoc2)n1. The first-order chi connectivity index (χ1) is 6.84. The van der Waals surface area contributed by atoms with Crippen LogP contribution in [0.2, 0.25) is 5.28 Å². The van der Waals surface area contributed by atoms with Crippen molar-refractivity contribution in [1.82, 2.24) is 9.97 Å². The highest BCUT2D eigenvalue weighted by atomic mass is 35.5. The number of nitrogens with one attached hydrogen (secondary N) is 1. The van der Waals surface area contributed by atoms with Crippen LogP contribution in [-0.4, -0.2) is 9.97 Å². The molecule has 0 aliphatic carbocycles. The predicted molar refractivity (Wildman–Crippen MR) is 53.1 cm³/mol. The van der Waals surface area contributed by atoms with Crippen molar-refractivity contribution in [2.45, 2.75) is 6.54 Å². The summed E-state index contributed by atoms with van der Waals surface area (Å²) in [5.74, 6) is 0.700. The molecule has 0 aliphatic heterocycles. The molecule has 2 aromatic heterocycles. The fourth-order valence-corrected chi connectivity index (χ4v) is 1.17. The van der Waals surface area contributed by atoms with E-state index in [0.29, 0.717) is 12.4 Å². The number of furan rings is 1. The molecule has 0 bridgehead atoms. The van der Waals surface area contributed by atoms with Crippen molar-refractivity contribution in [2.24, 2.45) is 0 Å². The number of nitrogens with zero attached hydrogens (tertiary/aromatic N) is 2. The lowest BCUT2D eigenvalue weighted by Gasteiger charge is -2.02. The first-order valence-corrected chi connectivity index (χ1v) is 4.46. The Morgan fingerprint density at radius 2 is 2.36 bits per heavy atom. The molecular weight excluding hydrogens is 202 g/mol. The highest BCUT2D eigenvalue weighted by Crippen LogP contribution is 2.08. The van der Waals surface area contributed by atoms with Gasteiger partial charge in [0.05, 0.1) is 12.5 Å². The Labute approximate surface area is 85.9 Å². The third-order valence-corrected chi connectivity index (χ3v) is 1.86. The summed E-state index contributed by atoms with van der Waals surface area (Å²) in [6.45, 7) is 0.657. The van der Waals surface area contributed by atoms with E-state index in [1.165, 1.54) is 0 Å². The number of hydrogen-bond donors (Lipinski definition) is 1. The van der Waals surface area contributed by atoms with Crippen molar-refractivity contribution in [3.63, 3.8) is 0 Å². The maximum atomic E-state index is 5.62. The summed E-state index contributed by atoms with van der Waals surface area (Å²) in [6.07, 6.45) is 4.91. The molecule has 0 aromatic carbocycles. The Bertz CT molecular complexity index is 402. The average Bonchev–Trinajstić information content (AvgIpc) is 2.67. The van der Waals surface area contributed by atoms with Crippen LogP contribution >= 0.6 is 11.6 Å². The topological polar surface area (TPSA) is 51.0 Å². The van der Waals surface area contributed by atoms with Crippen molar-refractivity contribution in [2.75, 3.05) is 5.32 Å². The number of anilines is 1. The van der Waals surface area contributed by atoms with Crippen LogP contribution in [0, 0.1) is 0 Å². The summed E-state index contributed by atoms with van der Waals surface area (Å²) in [4.78, 5) is 7.77. The van der Waals surface area contributed by atoms with Crippen LogP contribution in [0.15, 0.2) is 35.3 Å². The summed E-state index contributed by atoms with van der Waals surface area (Å²) in [6, 6.07) is 3.64. The van der Waals surface area contributed by atoms with Gasteiger partial charge in [0.1, 0.15) is 5.82 Å². The van der Waals surface area contributed by atoms with Gasteiger partial charge in [-0.1, -0.05) is 0 Å². The first-order valence-electron chi connectivity index (χ1n) is 4.08. The van der Waals surface area contributed by atoms with Crippen LogP contribution in [0.3, 0.4) is 0 Å². The fraction of sp³-hybridized carbons (Fsp3) is 0.111. The maximum Gasteiger partial charge on any atom is 0.224 e. The summed E-state index contributed by atoms with van der Waals surface area (Å²) in [5.41, 5.74) is 1.06. The van der Waals surface area contributed by atoms with E-state index >= 15 is 0 Å². The minimum atomic E-state index is 0.238. The highest BCUT2D eigenvalue weighted by molar-refractivity contribution is 6.28. The van der Waals surface area contributed by atoms with E-state index in [4.69, 9.17) is 16.0 Å². The normalized spacial score (nSPS) is 10.1. The van der Waals surface area contributed by atoms with Gasteiger partial charge in [0.2, 0.25) is 5.28 Å². The molecule has 0 saturated carbocycles. The minimum absolute atomic E-state index is 0.238. The lowest BCUT2D eigenvalue weighted by molar-refractivity contribution is 0.564. The van der Waals surface area contributed by atoms with Gasteiger partial charge in [-0.15, -0.1) is 0 Å². The molecule has 0 saturated heterocycles. The second kappa shape index (κ2) is 4.11. The van der Waals surface area contributed by atoms with Crippen LogP contribution in [0.4, 0.5) is 5.82 Å². The lowest BCUT2D eigenvalue weighted by Crippen LogP contribution is -2.00. The summed E-state index contributed by atoms with van der Waals surface area (Å²) < 4.78 is 4.93. The zero-order chi connectivity index (χ0) is 9.80. The number of halogens is 1. The van der Waals surface area contributed by atoms with E-state index in [1.807, 2.05) is 6.07 Å². The molecule has 2 heterocycles. The number of rotatable bonds is 3. The van der Waals surface area contributed by atoms with Crippen molar-refractivity contribution in [3.05, 3.63) is 41.7 Å². The van der Waals surface area contributed by atoms with Crippen molar-refractivity contribution < 1.29 is 4.42 Å². The molecule has 0 atom stereocenters. The third-order valence-electron chi connectivity index (χ3n) is 1.68. The molecule has 0 radical (unpaired) electrons. The predicted octanol–water partition coefficient (Wildman–Crippen LogP) is 2.34. The smallest absolute Gasteiger partial charge is 0.224 e. The number of aromatic nitrogens is 2. The van der Waals surface area contributed by atoms with Crippen LogP contribution in [0.5, 0.6) is 0 Å². The van der Waals surface area contributed by atoms with Crippen molar-refractivity contribution >= 4 is 17.4 Å². The van der Waals surface area contributed by atoms with Crippen LogP contribution < -0.4 is 5.32 Å². The third kappa shape index (κ3) is 2.23. The Balaban J connectivity index is 1.98. The zero-order valence-electron chi connectivity index (χ0n) is 7.27. The van der Waals surface area contributed by atoms with Gasteiger partial charge >= 0.3 is 0 Å². The summed E-state index contributed by atoms with van der Waals surface area (Å²) >= 11 is 5.62. The molecule has 2 aromatic rings. The van der Waals surface area contributed by atoms with Gasteiger partial charge in [-0.05, 0) is 23.7 Å². The molecule has 0 spiro atoms. The van der Waals surface area contributed by atoms with Crippen LogP contribution in [0.1, 0.15) is 5.56 Å². The molecular formula is C9H8ClN3O. The van der Waals surface area contributed by atoms with E-state index in [2.05, 4.69) is 15.3 Å². The molecule has 14 heavy (non-hydrogen) atoms. The second-order valence-electron chi connectivity index (χ2n) is 2.70. The molecule has 0 aliphatic rings. The lowest BCUT2D eigenvalue weighted by atomic mass is 10.3. The van der Waals surface area contributed by atoms with Gasteiger partial charge in [-0.25, -0.2) is 9.97 Å². The van der Waals surface area contributed by atoms with Gasteiger partial charge in [-0.2, -0.15) is 0 Å². The zero-order valence-corrected chi connectivity index (χ0v) is 8.03. The van der Waals surface area contributed by atoms with E-state index in [-0.39, 0.29) is 5.28 Å². The second-order valence-corrected chi connectivity index (χ2v) is 3.03. The van der Waals surface area contributed by atoms with E-state index in [9.17, 15) is 0 Å². The molecule has 0 fully saturated rings. The molecule has 72 valence electrons. The quantitative estimate of drug-likeness (QED) is 0.789. The first kappa shape index (κ1) is 9.02. The van der Waals surface area contributed by atoms with Crippen molar-refractivity contribution in [3.8, 4) is 0 Å². The van der Waals surface area contributed by atoms with Crippen LogP contribution in [0.25, 0.3) is 0 Å². The molecule has 2 rings (SSSR count). The Morgan fingerprint density at radius 1 is 1.43 bits per heavy atom. The van der Waals surface area contributed by atoms with Crippen molar-refractivity contribution in [1.29, 1.82) is 0 Å². The maximum absolute atomic E-state index is 5.62.